The van der Waals surface area contributed by atoms with Gasteiger partial charge < -0.3 is 23.9 Å². The van der Waals surface area contributed by atoms with Crippen molar-refractivity contribution in [2.45, 2.75) is 36.3 Å². The normalized spacial score (nSPS) is 21.0. The lowest BCUT2D eigenvalue weighted by Gasteiger charge is -2.41. The van der Waals surface area contributed by atoms with Crippen molar-refractivity contribution in [2.24, 2.45) is 0 Å². The number of piperazine rings is 1. The van der Waals surface area contributed by atoms with Crippen LogP contribution >= 0.6 is 11.6 Å². The molecule has 0 radical (unpaired) electrons. The highest BCUT2D eigenvalue weighted by atomic mass is 35.5. The van der Waals surface area contributed by atoms with E-state index in [-0.39, 0.29) is 39.9 Å². The first-order valence-corrected chi connectivity index (χ1v) is 17.7. The molecule has 0 bridgehead atoms. The van der Waals surface area contributed by atoms with Crippen LogP contribution in [0.15, 0.2) is 59.6 Å². The minimum Gasteiger partial charge on any atom is -0.495 e. The number of benzene rings is 2. The van der Waals surface area contributed by atoms with Gasteiger partial charge in [-0.15, -0.1) is 5.06 Å². The predicted molar refractivity (Wildman–Crippen MR) is 176 cm³/mol. The number of likely N-dealkylation sites (tertiary alicyclic amines) is 1. The smallest absolute Gasteiger partial charge is 0.495 e. The molecular formula is C33H37ClFN5O8S. The fourth-order valence-electron chi connectivity index (χ4n) is 6.62. The monoisotopic (exact) mass is 717 g/mol. The molecule has 1 aromatic heterocycles. The third-order valence-corrected chi connectivity index (χ3v) is 11.1. The first kappa shape index (κ1) is 34.8. The van der Waals surface area contributed by atoms with Crippen molar-refractivity contribution in [1.29, 1.82) is 0 Å². The van der Waals surface area contributed by atoms with Crippen LogP contribution in [-0.4, -0.2) is 106 Å². The van der Waals surface area contributed by atoms with Crippen molar-refractivity contribution in [3.8, 4) is 11.6 Å². The number of rotatable bonds is 9. The van der Waals surface area contributed by atoms with Gasteiger partial charge in [0.2, 0.25) is 5.88 Å². The van der Waals surface area contributed by atoms with E-state index in [4.69, 9.17) is 30.6 Å². The number of amides is 1. The van der Waals surface area contributed by atoms with Gasteiger partial charge in [-0.1, -0.05) is 23.7 Å². The standard InChI is InChI=1S/C33H37ClFN5O8S/c1-4-46-30-23(8-7-13-36-30)33(47-32(42)48-39-18-16-38(17-19-39)22-11-14-37(2)15-12-22)24-20-26(35)25(34)21-27(24)40(31(33)41)49(43,44)29-10-6-5-9-28(29)45-3/h5-10,13,20-22H,4,11-12,14-19H2,1-3H3. The Labute approximate surface area is 289 Å². The summed E-state index contributed by atoms with van der Waals surface area (Å²) in [7, 11) is -1.41. The first-order valence-electron chi connectivity index (χ1n) is 15.9. The Morgan fingerprint density at radius 1 is 1.04 bits per heavy atom. The van der Waals surface area contributed by atoms with Crippen LogP contribution in [0.4, 0.5) is 14.9 Å². The number of hydrogen-bond acceptors (Lipinski definition) is 12. The first-order chi connectivity index (χ1) is 23.5. The number of piperidine rings is 1. The number of methoxy groups -OCH3 is 1. The molecule has 13 nitrogen and oxygen atoms in total. The summed E-state index contributed by atoms with van der Waals surface area (Å²) in [5, 5.41) is 0.962. The number of carbonyl (C=O) groups is 2. The number of hydroxylamine groups is 2. The molecule has 0 aliphatic carbocycles. The van der Waals surface area contributed by atoms with Gasteiger partial charge in [-0.05, 0) is 76.3 Å². The van der Waals surface area contributed by atoms with Crippen molar-refractivity contribution in [3.63, 3.8) is 0 Å². The van der Waals surface area contributed by atoms with Crippen molar-refractivity contribution in [1.82, 2.24) is 19.8 Å². The number of para-hydroxylation sites is 1. The highest BCUT2D eigenvalue weighted by Crippen LogP contribution is 2.52. The molecule has 0 N–H and O–H groups in total. The molecule has 3 aromatic rings. The number of anilines is 1. The Hall–Kier alpha value is -4.02. The third-order valence-electron chi connectivity index (χ3n) is 9.06. The lowest BCUT2D eigenvalue weighted by molar-refractivity contribution is -0.168. The van der Waals surface area contributed by atoms with E-state index >= 15 is 4.39 Å². The SMILES string of the molecule is CCOc1ncccc1C1(OC(=O)ON2CCN(C3CCN(C)CC3)CC2)C(=O)N(S(=O)(=O)c2ccccc2OC)c2cc(Cl)c(F)cc21. The van der Waals surface area contributed by atoms with Gasteiger partial charge in [0.1, 0.15) is 16.5 Å². The van der Waals surface area contributed by atoms with Gasteiger partial charge in [0.15, 0.2) is 0 Å². The fourth-order valence-corrected chi connectivity index (χ4v) is 8.38. The lowest BCUT2D eigenvalue weighted by atomic mass is 9.87. The third kappa shape index (κ3) is 6.41. The molecule has 1 atom stereocenters. The second-order valence-corrected chi connectivity index (χ2v) is 14.1. The molecule has 16 heteroatoms. The molecule has 6 rings (SSSR count). The summed E-state index contributed by atoms with van der Waals surface area (Å²) in [5.74, 6) is -2.46. The summed E-state index contributed by atoms with van der Waals surface area (Å²) in [6, 6.07) is 10.8. The number of fused-ring (bicyclic) bond motifs is 1. The molecule has 0 saturated carbocycles. The van der Waals surface area contributed by atoms with Crippen molar-refractivity contribution < 1.29 is 41.4 Å². The summed E-state index contributed by atoms with van der Waals surface area (Å²) < 4.78 is 61.4. The maximum Gasteiger partial charge on any atom is 0.529 e. The number of ether oxygens (including phenoxy) is 3. The molecule has 4 heterocycles. The molecule has 3 aliphatic rings. The van der Waals surface area contributed by atoms with Gasteiger partial charge in [0.25, 0.3) is 21.5 Å². The van der Waals surface area contributed by atoms with Gasteiger partial charge in [0.05, 0.1) is 30.0 Å². The topological polar surface area (TPSA) is 131 Å². The molecule has 2 saturated heterocycles. The molecule has 3 aliphatic heterocycles. The zero-order chi connectivity index (χ0) is 34.9. The summed E-state index contributed by atoms with van der Waals surface area (Å²) in [6.07, 6.45) is 2.17. The van der Waals surface area contributed by atoms with E-state index in [0.717, 1.165) is 38.1 Å². The van der Waals surface area contributed by atoms with Crippen molar-refractivity contribution >= 4 is 39.4 Å². The van der Waals surface area contributed by atoms with Gasteiger partial charge in [0, 0.05) is 44.0 Å². The minimum atomic E-state index is -4.80. The molecule has 1 unspecified atom stereocenters. The van der Waals surface area contributed by atoms with E-state index in [0.29, 0.717) is 36.5 Å². The number of pyridine rings is 1. The molecule has 2 fully saturated rings. The average Bonchev–Trinajstić information content (AvgIpc) is 3.33. The van der Waals surface area contributed by atoms with Crippen LogP contribution in [0.1, 0.15) is 30.9 Å². The largest absolute Gasteiger partial charge is 0.529 e. The fraction of sp³-hybridized carbons (Fsp3) is 0.424. The summed E-state index contributed by atoms with van der Waals surface area (Å²) in [5.41, 5.74) is -3.43. The van der Waals surface area contributed by atoms with Crippen molar-refractivity contribution in [2.75, 3.05) is 64.3 Å². The molecule has 0 spiro atoms. The Balaban J connectivity index is 1.39. The number of hydrogen-bond donors (Lipinski definition) is 0. The number of nitrogens with zero attached hydrogens (tertiary/aromatic N) is 5. The molecule has 262 valence electrons. The second-order valence-electron chi connectivity index (χ2n) is 11.9. The minimum absolute atomic E-state index is 0.0568. The number of aromatic nitrogens is 1. The van der Waals surface area contributed by atoms with Crippen LogP contribution in [0, 0.1) is 5.82 Å². The molecule has 49 heavy (non-hydrogen) atoms. The van der Waals surface area contributed by atoms with Crippen LogP contribution in [0.2, 0.25) is 5.02 Å². The maximum atomic E-state index is 15.3. The average molecular weight is 718 g/mol. The molecule has 2 aromatic carbocycles. The zero-order valence-corrected chi connectivity index (χ0v) is 28.9. The second kappa shape index (κ2) is 14.1. The van der Waals surface area contributed by atoms with E-state index in [1.807, 2.05) is 0 Å². The summed E-state index contributed by atoms with van der Waals surface area (Å²) in [4.78, 5) is 42.7. The van der Waals surface area contributed by atoms with E-state index in [1.165, 1.54) is 48.7 Å². The number of halogens is 2. The Morgan fingerprint density at radius 2 is 1.76 bits per heavy atom. The van der Waals surface area contributed by atoms with Gasteiger partial charge in [-0.25, -0.2) is 22.6 Å². The molecule has 1 amide bonds. The highest BCUT2D eigenvalue weighted by Gasteiger charge is 2.62. The van der Waals surface area contributed by atoms with Gasteiger partial charge in [-0.3, -0.25) is 9.69 Å². The summed E-state index contributed by atoms with van der Waals surface area (Å²) in [6.45, 7) is 5.81. The van der Waals surface area contributed by atoms with Crippen LogP contribution < -0.4 is 13.8 Å². The lowest BCUT2D eigenvalue weighted by Crippen LogP contribution is -2.53. The zero-order valence-electron chi connectivity index (χ0n) is 27.3. The predicted octanol–water partition coefficient (Wildman–Crippen LogP) is 4.04. The quantitative estimate of drug-likeness (QED) is 0.296. The highest BCUT2D eigenvalue weighted by molar-refractivity contribution is 7.93. The van der Waals surface area contributed by atoms with Gasteiger partial charge >= 0.3 is 6.16 Å². The van der Waals surface area contributed by atoms with Crippen LogP contribution in [0.25, 0.3) is 0 Å². The van der Waals surface area contributed by atoms with E-state index in [9.17, 15) is 18.0 Å². The van der Waals surface area contributed by atoms with Crippen LogP contribution in [0.5, 0.6) is 11.6 Å². The maximum absolute atomic E-state index is 15.3. The Bertz CT molecular complexity index is 1840. The molecular weight excluding hydrogens is 681 g/mol. The Morgan fingerprint density at radius 3 is 2.45 bits per heavy atom. The van der Waals surface area contributed by atoms with Crippen molar-refractivity contribution in [3.05, 3.63) is 76.7 Å². The van der Waals surface area contributed by atoms with Crippen LogP contribution in [-0.2, 0) is 30.0 Å². The van der Waals surface area contributed by atoms with E-state index in [1.54, 1.807) is 13.0 Å². The Kier molecular flexibility index (Phi) is 10.0. The summed E-state index contributed by atoms with van der Waals surface area (Å²) >= 11 is 6.17. The van der Waals surface area contributed by atoms with Gasteiger partial charge in [-0.2, -0.15) is 4.31 Å². The van der Waals surface area contributed by atoms with E-state index < -0.39 is 38.5 Å². The van der Waals surface area contributed by atoms with E-state index in [2.05, 4.69) is 21.8 Å². The number of sulfonamides is 1. The number of carbonyl (C=O) groups excluding carboxylic acids is 2. The van der Waals surface area contributed by atoms with Crippen LogP contribution in [0.3, 0.4) is 0 Å².